The third-order valence-electron chi connectivity index (χ3n) is 9.85. The van der Waals surface area contributed by atoms with Crippen molar-refractivity contribution in [2.75, 3.05) is 13.7 Å². The molecule has 1 aromatic carbocycles. The second-order valence-corrected chi connectivity index (χ2v) is 11.6. The van der Waals surface area contributed by atoms with Crippen molar-refractivity contribution in [3.63, 3.8) is 0 Å². The molecule has 3 heterocycles. The lowest BCUT2D eigenvalue weighted by atomic mass is 9.86. The van der Waals surface area contributed by atoms with Crippen LogP contribution in [0.3, 0.4) is 0 Å². The maximum absolute atomic E-state index is 13.5. The molecular weight excluding hydrogens is 503 g/mol. The number of benzene rings is 1. The van der Waals surface area contributed by atoms with Crippen molar-refractivity contribution in [1.82, 2.24) is 19.8 Å². The van der Waals surface area contributed by atoms with Crippen LogP contribution in [0.15, 0.2) is 36.7 Å². The summed E-state index contributed by atoms with van der Waals surface area (Å²) in [4.78, 5) is 51.7. The average molecular weight is 535 g/mol. The number of rotatable bonds is 5. The third kappa shape index (κ3) is 3.71. The smallest absolute Gasteiger partial charge is 0.410 e. The number of ether oxygens (including phenoxy) is 2. The second kappa shape index (κ2) is 9.08. The zero-order valence-electron chi connectivity index (χ0n) is 21.8. The molecule has 0 bridgehead atoms. The van der Waals surface area contributed by atoms with Crippen LogP contribution >= 0.6 is 0 Å². The molecule has 1 saturated heterocycles. The second-order valence-electron chi connectivity index (χ2n) is 11.6. The van der Waals surface area contributed by atoms with Crippen LogP contribution in [0.25, 0.3) is 0 Å². The number of carbonyl (C=O) groups is 3. The largest absolute Gasteiger partial charge is 0.453 e. The van der Waals surface area contributed by atoms with E-state index in [0.717, 1.165) is 44.9 Å². The number of halogens is 1. The van der Waals surface area contributed by atoms with E-state index in [9.17, 15) is 18.8 Å². The standard InChI is InChI=1S/C29H31FN4O5/c1-38-28(37)33-22-8-4-7-21(22)24(34-25(35)19-5-2-3-6-20(19)26(34)36)23(33)15-39-18-9-10-29(12-16(29)11-18)27-31-13-17(30)14-32-27/h2-3,5-6,13-14,16,18,21-24H,4,7-12,15H2,1H3/t16?,18?,21-,22+,23?,24-,29?/m0/s1. The molecular formula is C29H31FN4O5. The minimum Gasteiger partial charge on any atom is -0.453 e. The molecule has 4 fully saturated rings. The summed E-state index contributed by atoms with van der Waals surface area (Å²) >= 11 is 0. The van der Waals surface area contributed by atoms with Gasteiger partial charge in [-0.25, -0.2) is 19.2 Å². The summed E-state index contributed by atoms with van der Waals surface area (Å²) in [6.07, 6.45) is 7.99. The summed E-state index contributed by atoms with van der Waals surface area (Å²) < 4.78 is 25.0. The lowest BCUT2D eigenvalue weighted by molar-refractivity contribution is -0.0190. The van der Waals surface area contributed by atoms with Gasteiger partial charge in [-0.15, -0.1) is 0 Å². The van der Waals surface area contributed by atoms with Gasteiger partial charge in [-0.1, -0.05) is 18.6 Å². The highest BCUT2D eigenvalue weighted by atomic mass is 19.1. The molecule has 0 radical (unpaired) electrons. The fourth-order valence-electron chi connectivity index (χ4n) is 8.00. The van der Waals surface area contributed by atoms with E-state index in [1.54, 1.807) is 29.2 Å². The molecule has 2 aliphatic heterocycles. The fraction of sp³-hybridized carbons (Fsp3) is 0.552. The van der Waals surface area contributed by atoms with Gasteiger partial charge in [0.1, 0.15) is 5.82 Å². The van der Waals surface area contributed by atoms with Gasteiger partial charge in [0.2, 0.25) is 0 Å². The van der Waals surface area contributed by atoms with E-state index < -0.39 is 24.0 Å². The van der Waals surface area contributed by atoms with E-state index >= 15 is 0 Å². The molecule has 1 aromatic heterocycles. The lowest BCUT2D eigenvalue weighted by Gasteiger charge is -2.35. The molecule has 3 aliphatic carbocycles. The number of carbonyl (C=O) groups excluding carboxylic acids is 3. The molecule has 3 saturated carbocycles. The summed E-state index contributed by atoms with van der Waals surface area (Å²) in [7, 11) is 1.37. The highest BCUT2D eigenvalue weighted by Crippen LogP contribution is 2.61. The molecule has 4 unspecified atom stereocenters. The van der Waals surface area contributed by atoms with Crippen LogP contribution in [-0.2, 0) is 14.9 Å². The number of hydrogen-bond donors (Lipinski definition) is 0. The van der Waals surface area contributed by atoms with E-state index in [0.29, 0.717) is 22.9 Å². The molecule has 2 aromatic rings. The lowest BCUT2D eigenvalue weighted by Crippen LogP contribution is -2.53. The predicted octanol–water partition coefficient (Wildman–Crippen LogP) is 3.73. The van der Waals surface area contributed by atoms with E-state index in [2.05, 4.69) is 9.97 Å². The van der Waals surface area contributed by atoms with Gasteiger partial charge < -0.3 is 9.47 Å². The van der Waals surface area contributed by atoms with Gasteiger partial charge in [-0.2, -0.15) is 0 Å². The number of amides is 3. The molecule has 3 amide bonds. The van der Waals surface area contributed by atoms with Gasteiger partial charge in [0.25, 0.3) is 11.8 Å². The summed E-state index contributed by atoms with van der Waals surface area (Å²) in [5.74, 6) is 0.0174. The van der Waals surface area contributed by atoms with Crippen molar-refractivity contribution in [2.45, 2.75) is 74.6 Å². The van der Waals surface area contributed by atoms with Crippen LogP contribution in [0.2, 0.25) is 0 Å². The van der Waals surface area contributed by atoms with Crippen LogP contribution < -0.4 is 0 Å². The van der Waals surface area contributed by atoms with Gasteiger partial charge in [0, 0.05) is 17.4 Å². The zero-order chi connectivity index (χ0) is 26.9. The Labute approximate surface area is 225 Å². The summed E-state index contributed by atoms with van der Waals surface area (Å²) in [6, 6.07) is 5.85. The molecule has 0 N–H and O–H groups in total. The highest BCUT2D eigenvalue weighted by molar-refractivity contribution is 6.21. The van der Waals surface area contributed by atoms with Gasteiger partial charge in [-0.3, -0.25) is 19.4 Å². The van der Waals surface area contributed by atoms with Crippen LogP contribution in [0, 0.1) is 17.7 Å². The van der Waals surface area contributed by atoms with Gasteiger partial charge in [0.15, 0.2) is 5.82 Å². The number of methoxy groups -OCH3 is 1. The Kier molecular flexibility index (Phi) is 5.73. The van der Waals surface area contributed by atoms with E-state index in [4.69, 9.17) is 9.47 Å². The number of fused-ring (bicyclic) bond motifs is 3. The van der Waals surface area contributed by atoms with Gasteiger partial charge in [0.05, 0.1) is 55.4 Å². The average Bonchev–Trinajstić information content (AvgIpc) is 3.22. The van der Waals surface area contributed by atoms with Crippen molar-refractivity contribution < 1.29 is 28.2 Å². The van der Waals surface area contributed by atoms with Gasteiger partial charge >= 0.3 is 6.09 Å². The van der Waals surface area contributed by atoms with Crippen LogP contribution in [0.5, 0.6) is 0 Å². The van der Waals surface area contributed by atoms with Crippen LogP contribution in [-0.4, -0.2) is 75.6 Å². The minimum atomic E-state index is -0.485. The molecule has 39 heavy (non-hydrogen) atoms. The van der Waals surface area contributed by atoms with Crippen molar-refractivity contribution in [2.24, 2.45) is 11.8 Å². The first-order valence-electron chi connectivity index (χ1n) is 13.9. The summed E-state index contributed by atoms with van der Waals surface area (Å²) in [6.45, 7) is 0.220. The predicted molar refractivity (Wildman–Crippen MR) is 135 cm³/mol. The summed E-state index contributed by atoms with van der Waals surface area (Å²) in [5, 5.41) is 0. The number of hydrogen-bond acceptors (Lipinski definition) is 7. The number of nitrogens with zero attached hydrogens (tertiary/aromatic N) is 4. The molecule has 5 aliphatic rings. The topological polar surface area (TPSA) is 102 Å². The van der Waals surface area contributed by atoms with Gasteiger partial charge in [-0.05, 0) is 56.6 Å². The zero-order valence-corrected chi connectivity index (χ0v) is 21.8. The molecule has 9 nitrogen and oxygen atoms in total. The molecule has 7 rings (SSSR count). The van der Waals surface area contributed by atoms with E-state index in [1.165, 1.54) is 24.4 Å². The Bertz CT molecular complexity index is 1300. The first-order chi connectivity index (χ1) is 18.9. The summed E-state index contributed by atoms with van der Waals surface area (Å²) in [5.41, 5.74) is 0.723. The first-order valence-corrected chi connectivity index (χ1v) is 13.9. The van der Waals surface area contributed by atoms with Crippen molar-refractivity contribution in [3.05, 3.63) is 59.4 Å². The Balaban J connectivity index is 1.12. The number of imide groups is 1. The maximum Gasteiger partial charge on any atom is 0.410 e. The van der Waals surface area contributed by atoms with Crippen molar-refractivity contribution >= 4 is 17.9 Å². The molecule has 10 heteroatoms. The van der Waals surface area contributed by atoms with E-state index in [1.807, 2.05) is 0 Å². The van der Waals surface area contributed by atoms with Crippen molar-refractivity contribution in [1.29, 1.82) is 0 Å². The SMILES string of the molecule is COC(=O)N1C(COC2CCC3(c4ncc(F)cn4)CC3C2)[C@@H](N2C(=O)c3ccccc3C2=O)[C@H]2CCC[C@H]21. The maximum atomic E-state index is 13.5. The molecule has 0 spiro atoms. The first kappa shape index (κ1) is 24.6. The monoisotopic (exact) mass is 534 g/mol. The van der Waals surface area contributed by atoms with Crippen LogP contribution in [0.1, 0.15) is 71.5 Å². The molecule has 204 valence electrons. The fourth-order valence-corrected chi connectivity index (χ4v) is 8.00. The number of likely N-dealkylation sites (tertiary alicyclic amines) is 1. The minimum absolute atomic E-state index is 0.0158. The number of aromatic nitrogens is 2. The third-order valence-corrected chi connectivity index (χ3v) is 9.85. The van der Waals surface area contributed by atoms with E-state index in [-0.39, 0.29) is 41.9 Å². The Morgan fingerprint density at radius 3 is 2.49 bits per heavy atom. The van der Waals surface area contributed by atoms with Crippen molar-refractivity contribution in [3.8, 4) is 0 Å². The molecule has 7 atom stereocenters. The normalized spacial score (nSPS) is 34.6. The Hall–Kier alpha value is -3.40. The highest BCUT2D eigenvalue weighted by Gasteiger charge is 2.61. The Morgan fingerprint density at radius 1 is 1.10 bits per heavy atom. The Morgan fingerprint density at radius 2 is 1.82 bits per heavy atom. The quantitative estimate of drug-likeness (QED) is 0.539. The van der Waals surface area contributed by atoms with Crippen LogP contribution in [0.4, 0.5) is 9.18 Å².